The number of anilines is 1. The van der Waals surface area contributed by atoms with E-state index in [4.69, 9.17) is 22.1 Å². The van der Waals surface area contributed by atoms with Crippen molar-refractivity contribution in [1.29, 1.82) is 0 Å². The molecule has 1 aliphatic heterocycles. The topological polar surface area (TPSA) is 107 Å². The van der Waals surface area contributed by atoms with Crippen molar-refractivity contribution in [3.05, 3.63) is 28.8 Å². The molecule has 1 saturated heterocycles. The van der Waals surface area contributed by atoms with Gasteiger partial charge in [-0.3, -0.25) is 4.79 Å². The molecular formula is C17H23ClN2O5S. The van der Waals surface area contributed by atoms with E-state index in [1.54, 1.807) is 0 Å². The Balaban J connectivity index is 2.06. The van der Waals surface area contributed by atoms with Crippen LogP contribution in [0.4, 0.5) is 5.69 Å². The fourth-order valence-electron chi connectivity index (χ4n) is 3.00. The molecule has 144 valence electrons. The number of sulfone groups is 1. The molecule has 0 radical (unpaired) electrons. The quantitative estimate of drug-likeness (QED) is 0.575. The molecule has 1 fully saturated rings. The number of hydrogen-bond acceptors (Lipinski definition) is 6. The zero-order valence-electron chi connectivity index (χ0n) is 14.8. The number of hydrogen-bond donors (Lipinski definition) is 1. The van der Waals surface area contributed by atoms with Crippen LogP contribution in [0.1, 0.15) is 37.0 Å². The minimum atomic E-state index is -3.13. The third kappa shape index (κ3) is 4.88. The smallest absolute Gasteiger partial charge is 0.340 e. The molecule has 2 atom stereocenters. The van der Waals surface area contributed by atoms with Crippen molar-refractivity contribution in [2.75, 3.05) is 23.8 Å². The van der Waals surface area contributed by atoms with Gasteiger partial charge in [0.2, 0.25) is 0 Å². The van der Waals surface area contributed by atoms with Gasteiger partial charge in [-0.15, -0.1) is 0 Å². The Kier molecular flexibility index (Phi) is 6.52. The van der Waals surface area contributed by atoms with Gasteiger partial charge in [0, 0.05) is 22.8 Å². The van der Waals surface area contributed by atoms with E-state index in [9.17, 15) is 18.0 Å². The zero-order chi connectivity index (χ0) is 19.5. The molecule has 0 aliphatic carbocycles. The number of esters is 1. The first kappa shape index (κ1) is 20.5. The molecule has 1 aromatic rings. The molecule has 1 aromatic carbocycles. The lowest BCUT2D eigenvalue weighted by Crippen LogP contribution is -2.48. The van der Waals surface area contributed by atoms with Gasteiger partial charge < -0.3 is 15.4 Å². The number of benzene rings is 1. The van der Waals surface area contributed by atoms with Crippen molar-refractivity contribution >= 4 is 39.0 Å². The molecule has 0 saturated carbocycles. The number of halogens is 1. The normalized spacial score (nSPS) is 19.7. The lowest BCUT2D eigenvalue weighted by atomic mass is 10.1. The van der Waals surface area contributed by atoms with E-state index >= 15 is 0 Å². The van der Waals surface area contributed by atoms with Gasteiger partial charge in [0.15, 0.2) is 16.4 Å². The van der Waals surface area contributed by atoms with Crippen molar-refractivity contribution < 1.29 is 22.7 Å². The van der Waals surface area contributed by atoms with Crippen LogP contribution in [0.3, 0.4) is 0 Å². The highest BCUT2D eigenvalue weighted by Gasteiger charge is 2.36. The largest absolute Gasteiger partial charge is 0.452 e. The molecule has 2 rings (SSSR count). The van der Waals surface area contributed by atoms with Gasteiger partial charge in [-0.25, -0.2) is 13.2 Å². The summed E-state index contributed by atoms with van der Waals surface area (Å²) in [6, 6.07) is 3.82. The highest BCUT2D eigenvalue weighted by molar-refractivity contribution is 7.91. The number of ether oxygens (including phenoxy) is 1. The Morgan fingerprint density at radius 3 is 2.65 bits per heavy atom. The number of nitrogens with zero attached hydrogens (tertiary/aromatic N) is 1. The first-order valence-corrected chi connectivity index (χ1v) is 10.6. The second kappa shape index (κ2) is 8.26. The summed E-state index contributed by atoms with van der Waals surface area (Å²) in [5.41, 5.74) is 6.03. The first-order valence-electron chi connectivity index (χ1n) is 8.38. The third-order valence-corrected chi connectivity index (χ3v) is 6.50. The van der Waals surface area contributed by atoms with Crippen LogP contribution >= 0.6 is 11.6 Å². The summed E-state index contributed by atoms with van der Waals surface area (Å²) in [6.45, 7) is 3.29. The van der Waals surface area contributed by atoms with Gasteiger partial charge >= 0.3 is 5.97 Å². The maximum Gasteiger partial charge on any atom is 0.340 e. The Morgan fingerprint density at radius 2 is 2.12 bits per heavy atom. The summed E-state index contributed by atoms with van der Waals surface area (Å²) in [5, 5.41) is 0.389. The van der Waals surface area contributed by atoms with E-state index in [0.29, 0.717) is 17.9 Å². The molecule has 26 heavy (non-hydrogen) atoms. The highest BCUT2D eigenvalue weighted by Crippen LogP contribution is 2.22. The standard InChI is InChI=1S/C17H23ClN2O5S/c1-3-11(2)20(13-6-7-26(23,24)10-13)16(21)9-25-17(22)14-5-4-12(18)8-15(14)19/h4-5,8,11,13H,3,6-7,9-10,19H2,1-2H3/t11-,13-/m0/s1. The average Bonchev–Trinajstić information content (AvgIpc) is 2.92. The Morgan fingerprint density at radius 1 is 1.42 bits per heavy atom. The second-order valence-corrected chi connectivity index (χ2v) is 9.09. The van der Waals surface area contributed by atoms with E-state index < -0.39 is 28.3 Å². The van der Waals surface area contributed by atoms with Crippen LogP contribution in [0.2, 0.25) is 5.02 Å². The fourth-order valence-corrected chi connectivity index (χ4v) is 4.89. The van der Waals surface area contributed by atoms with Crippen molar-refractivity contribution in [2.45, 2.75) is 38.8 Å². The molecule has 0 aromatic heterocycles. The number of nitrogen functional groups attached to an aromatic ring is 1. The molecular weight excluding hydrogens is 380 g/mol. The lowest BCUT2D eigenvalue weighted by molar-refractivity contribution is -0.138. The Hall–Kier alpha value is -1.80. The van der Waals surface area contributed by atoms with Gasteiger partial charge in [0.05, 0.1) is 17.1 Å². The molecule has 0 unspecified atom stereocenters. The molecule has 9 heteroatoms. The van der Waals surface area contributed by atoms with Crippen LogP contribution in [0, 0.1) is 0 Å². The predicted octanol–water partition coefficient (Wildman–Crippen LogP) is 1.89. The van der Waals surface area contributed by atoms with Crippen LogP contribution < -0.4 is 5.73 Å². The summed E-state index contributed by atoms with van der Waals surface area (Å²) < 4.78 is 28.6. The van der Waals surface area contributed by atoms with Crippen LogP contribution in [-0.4, -0.2) is 55.4 Å². The number of carbonyl (C=O) groups excluding carboxylic acids is 2. The molecule has 0 bridgehead atoms. The second-order valence-electron chi connectivity index (χ2n) is 6.42. The van der Waals surface area contributed by atoms with Crippen LogP contribution in [-0.2, 0) is 19.4 Å². The van der Waals surface area contributed by atoms with E-state index in [1.807, 2.05) is 13.8 Å². The van der Waals surface area contributed by atoms with Crippen LogP contribution in [0.15, 0.2) is 18.2 Å². The van der Waals surface area contributed by atoms with Crippen LogP contribution in [0.25, 0.3) is 0 Å². The Bertz CT molecular complexity index is 796. The summed E-state index contributed by atoms with van der Waals surface area (Å²) in [5.74, 6) is -1.13. The van der Waals surface area contributed by atoms with E-state index in [-0.39, 0.29) is 34.8 Å². The number of nitrogens with two attached hydrogens (primary N) is 1. The van der Waals surface area contributed by atoms with Crippen molar-refractivity contribution in [2.24, 2.45) is 0 Å². The minimum Gasteiger partial charge on any atom is -0.452 e. The highest BCUT2D eigenvalue weighted by atomic mass is 35.5. The summed E-state index contributed by atoms with van der Waals surface area (Å²) >= 11 is 5.80. The fraction of sp³-hybridized carbons (Fsp3) is 0.529. The van der Waals surface area contributed by atoms with Crippen molar-refractivity contribution in [1.82, 2.24) is 4.90 Å². The van der Waals surface area contributed by atoms with Gasteiger partial charge in [0.1, 0.15) is 0 Å². The zero-order valence-corrected chi connectivity index (χ0v) is 16.3. The maximum atomic E-state index is 12.6. The third-order valence-electron chi connectivity index (χ3n) is 4.52. The number of rotatable bonds is 6. The molecule has 1 heterocycles. The summed E-state index contributed by atoms with van der Waals surface area (Å²) in [6.07, 6.45) is 1.07. The van der Waals surface area contributed by atoms with Gasteiger partial charge in [0.25, 0.3) is 5.91 Å². The summed E-state index contributed by atoms with van der Waals surface area (Å²) in [7, 11) is -3.13. The van der Waals surface area contributed by atoms with Crippen molar-refractivity contribution in [3.63, 3.8) is 0 Å². The Labute approximate surface area is 158 Å². The SMILES string of the molecule is CC[C@H](C)N(C(=O)COC(=O)c1ccc(Cl)cc1N)[C@H]1CCS(=O)(=O)C1. The summed E-state index contributed by atoms with van der Waals surface area (Å²) in [4.78, 5) is 26.3. The van der Waals surface area contributed by atoms with E-state index in [0.717, 1.165) is 0 Å². The number of amides is 1. The predicted molar refractivity (Wildman–Crippen MR) is 99.8 cm³/mol. The lowest BCUT2D eigenvalue weighted by Gasteiger charge is -2.33. The number of carbonyl (C=O) groups is 2. The van der Waals surface area contributed by atoms with Crippen LogP contribution in [0.5, 0.6) is 0 Å². The molecule has 1 aliphatic rings. The maximum absolute atomic E-state index is 12.6. The molecule has 1 amide bonds. The van der Waals surface area contributed by atoms with E-state index in [1.165, 1.54) is 23.1 Å². The molecule has 2 N–H and O–H groups in total. The minimum absolute atomic E-state index is 0.0544. The van der Waals surface area contributed by atoms with E-state index in [2.05, 4.69) is 0 Å². The van der Waals surface area contributed by atoms with Gasteiger partial charge in [-0.05, 0) is 38.0 Å². The first-order chi connectivity index (χ1) is 12.1. The average molecular weight is 403 g/mol. The molecule has 7 nitrogen and oxygen atoms in total. The van der Waals surface area contributed by atoms with Crippen molar-refractivity contribution in [3.8, 4) is 0 Å². The van der Waals surface area contributed by atoms with Gasteiger partial charge in [-0.1, -0.05) is 18.5 Å². The monoisotopic (exact) mass is 402 g/mol. The van der Waals surface area contributed by atoms with Gasteiger partial charge in [-0.2, -0.15) is 0 Å². The molecule has 0 spiro atoms.